The molecule has 0 saturated heterocycles. The van der Waals surface area contributed by atoms with Gasteiger partial charge in [-0.2, -0.15) is 0 Å². The zero-order valence-corrected chi connectivity index (χ0v) is 7.54. The molecule has 0 bridgehead atoms. The molecule has 0 saturated carbocycles. The molecular weight excluding hydrogens is 235 g/mol. The van der Waals surface area contributed by atoms with E-state index in [0.717, 1.165) is 0 Å². The fraction of sp³-hybridized carbons (Fsp3) is 0. The number of hydrogen-bond donors (Lipinski definition) is 0. The topological polar surface area (TPSA) is 0 Å². The molecule has 1 rings (SSSR count). The Morgan fingerprint density at radius 3 is 1.42 bits per heavy atom. The van der Waals surface area contributed by atoms with Gasteiger partial charge in [0.15, 0.2) is 17.5 Å². The summed E-state index contributed by atoms with van der Waals surface area (Å²) in [7, 11) is 0. The molecule has 6 heteroatoms. The molecule has 0 spiro atoms. The molecule has 12 heavy (non-hydrogen) atoms. The summed E-state index contributed by atoms with van der Waals surface area (Å²) < 4.78 is 37.8. The Morgan fingerprint density at radius 2 is 0.917 bits per heavy atom. The quantitative estimate of drug-likeness (QED) is 0.470. The van der Waals surface area contributed by atoms with Gasteiger partial charge in [0.25, 0.3) is 0 Å². The number of halogens is 6. The Labute approximate surface area is 80.8 Å². The summed E-state index contributed by atoms with van der Waals surface area (Å²) in [4.78, 5) is 0. The maximum Gasteiger partial charge on any atom is 0.182 e. The van der Waals surface area contributed by atoms with E-state index in [1.54, 1.807) is 0 Å². The largest absolute Gasteiger partial charge is 0.204 e. The normalized spacial score (nSPS) is 10.5. The van der Waals surface area contributed by atoms with Crippen LogP contribution in [0.25, 0.3) is 0 Å². The van der Waals surface area contributed by atoms with Crippen LogP contribution in [0.4, 0.5) is 13.2 Å². The van der Waals surface area contributed by atoms with Crippen molar-refractivity contribution in [3.8, 4) is 0 Å². The van der Waals surface area contributed by atoms with Crippen molar-refractivity contribution in [2.75, 3.05) is 0 Å². The molecule has 66 valence electrons. The molecule has 0 unspecified atom stereocenters. The highest BCUT2D eigenvalue weighted by molar-refractivity contribution is 6.43. The van der Waals surface area contributed by atoms with E-state index < -0.39 is 32.5 Å². The minimum Gasteiger partial charge on any atom is -0.204 e. The van der Waals surface area contributed by atoms with Crippen LogP contribution in [0.15, 0.2) is 0 Å². The SMILES string of the molecule is Fc1c(F)c(Cl)c(Cl)c(F)c1Cl. The first-order chi connectivity index (χ1) is 5.46. The average molecular weight is 235 g/mol. The molecule has 0 heterocycles. The van der Waals surface area contributed by atoms with Gasteiger partial charge >= 0.3 is 0 Å². The van der Waals surface area contributed by atoms with Crippen molar-refractivity contribution < 1.29 is 13.2 Å². The number of rotatable bonds is 0. The molecule has 0 aliphatic rings. The van der Waals surface area contributed by atoms with Gasteiger partial charge in [0, 0.05) is 0 Å². The predicted octanol–water partition coefficient (Wildman–Crippen LogP) is 4.06. The van der Waals surface area contributed by atoms with E-state index in [4.69, 9.17) is 34.8 Å². The lowest BCUT2D eigenvalue weighted by molar-refractivity contribution is 0.496. The number of hydrogen-bond acceptors (Lipinski definition) is 0. The number of benzene rings is 1. The highest BCUT2D eigenvalue weighted by Gasteiger charge is 2.21. The highest BCUT2D eigenvalue weighted by Crippen LogP contribution is 2.34. The summed E-state index contributed by atoms with van der Waals surface area (Å²) in [5, 5.41) is -2.53. The van der Waals surface area contributed by atoms with Crippen LogP contribution in [0.1, 0.15) is 0 Å². The summed E-state index contributed by atoms with van der Waals surface area (Å²) in [6.07, 6.45) is 0. The Balaban J connectivity index is 3.60. The smallest absolute Gasteiger partial charge is 0.182 e. The van der Waals surface area contributed by atoms with Crippen LogP contribution < -0.4 is 0 Å². The fourth-order valence-electron chi connectivity index (χ4n) is 0.578. The third-order valence-corrected chi connectivity index (χ3v) is 2.29. The monoisotopic (exact) mass is 234 g/mol. The Bertz CT molecular complexity index is 232. The summed E-state index contributed by atoms with van der Waals surface area (Å²) in [6.45, 7) is 0. The second-order valence-electron chi connectivity index (χ2n) is 1.88. The highest BCUT2D eigenvalue weighted by atomic mass is 35.5. The van der Waals surface area contributed by atoms with E-state index in [0.29, 0.717) is 0 Å². The maximum absolute atomic E-state index is 12.7. The molecule has 0 amide bonds. The Morgan fingerprint density at radius 1 is 0.583 bits per heavy atom. The Hall–Kier alpha value is -0.120. The first-order valence-corrected chi connectivity index (χ1v) is 3.77. The van der Waals surface area contributed by atoms with E-state index in [-0.39, 0.29) is 0 Å². The van der Waals surface area contributed by atoms with Crippen molar-refractivity contribution in [1.82, 2.24) is 0 Å². The van der Waals surface area contributed by atoms with Crippen molar-refractivity contribution in [1.29, 1.82) is 0 Å². The van der Waals surface area contributed by atoms with E-state index in [2.05, 4.69) is 0 Å². The van der Waals surface area contributed by atoms with Gasteiger partial charge in [-0.05, 0) is 0 Å². The summed E-state index contributed by atoms with van der Waals surface area (Å²) >= 11 is 15.3. The van der Waals surface area contributed by atoms with E-state index >= 15 is 0 Å². The molecule has 1 aromatic rings. The van der Waals surface area contributed by atoms with Gasteiger partial charge in [0.1, 0.15) is 10.0 Å². The second-order valence-corrected chi connectivity index (χ2v) is 3.02. The summed E-state index contributed by atoms with van der Waals surface area (Å²) in [5.41, 5.74) is 0. The molecule has 0 fully saturated rings. The molecule has 0 nitrogen and oxygen atoms in total. The van der Waals surface area contributed by atoms with Crippen molar-refractivity contribution >= 4 is 34.8 Å². The first kappa shape index (κ1) is 9.96. The van der Waals surface area contributed by atoms with Crippen LogP contribution in [0.3, 0.4) is 0 Å². The van der Waals surface area contributed by atoms with Crippen molar-refractivity contribution in [3.63, 3.8) is 0 Å². The molecule has 0 aliphatic heterocycles. The Kier molecular flexibility index (Phi) is 2.76. The van der Waals surface area contributed by atoms with Crippen LogP contribution in [0, 0.1) is 17.5 Å². The second kappa shape index (κ2) is 3.32. The van der Waals surface area contributed by atoms with Gasteiger partial charge in [0.2, 0.25) is 0 Å². The average Bonchev–Trinajstić information content (AvgIpc) is 2.08. The molecule has 0 atom stereocenters. The van der Waals surface area contributed by atoms with Crippen LogP contribution in [0.2, 0.25) is 15.1 Å². The lowest BCUT2D eigenvalue weighted by Crippen LogP contribution is -1.93. The van der Waals surface area contributed by atoms with Crippen LogP contribution in [-0.4, -0.2) is 0 Å². The lowest BCUT2D eigenvalue weighted by atomic mass is 10.3. The molecule has 0 aromatic heterocycles. The van der Waals surface area contributed by atoms with Gasteiger partial charge < -0.3 is 0 Å². The molecule has 0 aliphatic carbocycles. The summed E-state index contributed by atoms with van der Waals surface area (Å²) in [5.74, 6) is -4.25. The zero-order chi connectivity index (χ0) is 9.46. The van der Waals surface area contributed by atoms with Gasteiger partial charge in [0.05, 0.1) is 5.02 Å². The molecule has 0 radical (unpaired) electrons. The van der Waals surface area contributed by atoms with Gasteiger partial charge in [-0.15, -0.1) is 0 Å². The van der Waals surface area contributed by atoms with Crippen molar-refractivity contribution in [3.05, 3.63) is 32.5 Å². The van der Waals surface area contributed by atoms with E-state index in [1.807, 2.05) is 0 Å². The van der Waals surface area contributed by atoms with Crippen LogP contribution in [-0.2, 0) is 0 Å². The van der Waals surface area contributed by atoms with Crippen LogP contribution in [0.5, 0.6) is 0 Å². The fourth-order valence-corrected chi connectivity index (χ4v) is 1.15. The third-order valence-electron chi connectivity index (χ3n) is 1.16. The third kappa shape index (κ3) is 1.37. The minimum absolute atomic E-state index is 0.722. The minimum atomic E-state index is -1.54. The van der Waals surface area contributed by atoms with E-state index in [9.17, 15) is 13.2 Å². The molecule has 1 aromatic carbocycles. The molecular formula is C6Cl3F3. The van der Waals surface area contributed by atoms with E-state index in [1.165, 1.54) is 0 Å². The maximum atomic E-state index is 12.7. The first-order valence-electron chi connectivity index (χ1n) is 2.63. The van der Waals surface area contributed by atoms with Gasteiger partial charge in [-0.1, -0.05) is 34.8 Å². The lowest BCUT2D eigenvalue weighted by Gasteiger charge is -2.02. The zero-order valence-electron chi connectivity index (χ0n) is 5.27. The standard InChI is InChI=1S/C6Cl3F3/c7-1-2(8)5(11)6(12)3(9)4(1)10. The van der Waals surface area contributed by atoms with Gasteiger partial charge in [-0.3, -0.25) is 0 Å². The van der Waals surface area contributed by atoms with Crippen molar-refractivity contribution in [2.24, 2.45) is 0 Å². The van der Waals surface area contributed by atoms with Crippen LogP contribution >= 0.6 is 34.8 Å². The molecule has 0 N–H and O–H groups in total. The van der Waals surface area contributed by atoms with Crippen molar-refractivity contribution in [2.45, 2.75) is 0 Å². The summed E-state index contributed by atoms with van der Waals surface area (Å²) in [6, 6.07) is 0. The van der Waals surface area contributed by atoms with Gasteiger partial charge in [-0.25, -0.2) is 13.2 Å². The predicted molar refractivity (Wildman–Crippen MR) is 41.3 cm³/mol.